The van der Waals surface area contributed by atoms with E-state index in [4.69, 9.17) is 11.6 Å². The number of rotatable bonds is 2. The molecule has 6 nitrogen and oxygen atoms in total. The van der Waals surface area contributed by atoms with Crippen LogP contribution >= 0.6 is 11.6 Å². The van der Waals surface area contributed by atoms with Crippen molar-refractivity contribution in [2.45, 2.75) is 20.0 Å². The van der Waals surface area contributed by atoms with E-state index in [0.29, 0.717) is 17.9 Å². The Kier molecular flexibility index (Phi) is 4.21. The van der Waals surface area contributed by atoms with E-state index in [0.717, 1.165) is 29.2 Å². The fourth-order valence-corrected chi connectivity index (χ4v) is 3.90. The SMILES string of the molecule is Cc1ccn(-c2ccc(C(=O)N3Cc4cccn4Cc4ccccc43)c(Cl)n2)n1. The highest BCUT2D eigenvalue weighted by atomic mass is 35.5. The molecule has 4 aromatic rings. The smallest absolute Gasteiger partial charge is 0.261 e. The van der Waals surface area contributed by atoms with Gasteiger partial charge in [-0.05, 0) is 48.9 Å². The quantitative estimate of drug-likeness (QED) is 0.470. The van der Waals surface area contributed by atoms with E-state index in [2.05, 4.69) is 14.6 Å². The molecule has 0 saturated heterocycles. The molecule has 5 rings (SSSR count). The van der Waals surface area contributed by atoms with E-state index in [1.807, 2.05) is 61.8 Å². The zero-order chi connectivity index (χ0) is 20.0. The number of amides is 1. The van der Waals surface area contributed by atoms with Crippen molar-refractivity contribution in [3.63, 3.8) is 0 Å². The van der Waals surface area contributed by atoms with Crippen molar-refractivity contribution in [1.82, 2.24) is 19.3 Å². The first kappa shape index (κ1) is 17.7. The zero-order valence-corrected chi connectivity index (χ0v) is 16.5. The summed E-state index contributed by atoms with van der Waals surface area (Å²) in [4.78, 5) is 19.7. The first-order chi connectivity index (χ1) is 14.1. The molecule has 0 atom stereocenters. The molecule has 29 heavy (non-hydrogen) atoms. The van der Waals surface area contributed by atoms with Crippen LogP contribution in [0.15, 0.2) is 67.0 Å². The van der Waals surface area contributed by atoms with E-state index in [1.54, 1.807) is 21.7 Å². The number of nitrogens with zero attached hydrogens (tertiary/aromatic N) is 5. The van der Waals surface area contributed by atoms with E-state index in [9.17, 15) is 4.79 Å². The van der Waals surface area contributed by atoms with Gasteiger partial charge in [0.25, 0.3) is 5.91 Å². The predicted molar refractivity (Wildman–Crippen MR) is 112 cm³/mol. The number of pyridine rings is 1. The lowest BCUT2D eigenvalue weighted by molar-refractivity contribution is 0.0984. The Hall–Kier alpha value is -3.38. The van der Waals surface area contributed by atoms with Gasteiger partial charge in [0.1, 0.15) is 5.15 Å². The molecular formula is C22H18ClN5O. The number of aromatic nitrogens is 4. The highest BCUT2D eigenvalue weighted by molar-refractivity contribution is 6.33. The van der Waals surface area contributed by atoms with E-state index >= 15 is 0 Å². The van der Waals surface area contributed by atoms with Crippen molar-refractivity contribution in [2.75, 3.05) is 4.90 Å². The number of fused-ring (bicyclic) bond motifs is 2. The van der Waals surface area contributed by atoms with Gasteiger partial charge in [0, 0.05) is 30.3 Å². The number of carbonyl (C=O) groups is 1. The highest BCUT2D eigenvalue weighted by Crippen LogP contribution is 2.30. The maximum absolute atomic E-state index is 13.5. The number of para-hydroxylation sites is 1. The molecule has 1 aliphatic heterocycles. The molecule has 7 heteroatoms. The fourth-order valence-electron chi connectivity index (χ4n) is 3.67. The summed E-state index contributed by atoms with van der Waals surface area (Å²) in [5.74, 6) is 0.401. The third kappa shape index (κ3) is 3.11. The van der Waals surface area contributed by atoms with E-state index in [1.165, 1.54) is 0 Å². The maximum atomic E-state index is 13.5. The van der Waals surface area contributed by atoms with Gasteiger partial charge < -0.3 is 9.47 Å². The number of anilines is 1. The Morgan fingerprint density at radius 2 is 1.86 bits per heavy atom. The zero-order valence-electron chi connectivity index (χ0n) is 15.8. The van der Waals surface area contributed by atoms with Gasteiger partial charge in [-0.1, -0.05) is 29.8 Å². The molecule has 4 heterocycles. The Morgan fingerprint density at radius 3 is 2.66 bits per heavy atom. The summed E-state index contributed by atoms with van der Waals surface area (Å²) in [5, 5.41) is 4.51. The third-order valence-electron chi connectivity index (χ3n) is 5.13. The van der Waals surface area contributed by atoms with Gasteiger partial charge >= 0.3 is 0 Å². The average molecular weight is 404 g/mol. The number of halogens is 1. The van der Waals surface area contributed by atoms with Crippen LogP contribution in [0.1, 0.15) is 27.3 Å². The van der Waals surface area contributed by atoms with E-state index in [-0.39, 0.29) is 11.1 Å². The number of hydrogen-bond acceptors (Lipinski definition) is 3. The van der Waals surface area contributed by atoms with Crippen LogP contribution in [0.3, 0.4) is 0 Å². The Bertz CT molecular complexity index is 1230. The van der Waals surface area contributed by atoms with Crippen LogP contribution < -0.4 is 4.90 Å². The molecule has 0 fully saturated rings. The van der Waals surface area contributed by atoms with Crippen LogP contribution in [0.25, 0.3) is 5.82 Å². The normalized spacial score (nSPS) is 13.0. The summed E-state index contributed by atoms with van der Waals surface area (Å²) in [5.41, 5.74) is 4.30. The van der Waals surface area contributed by atoms with Crippen molar-refractivity contribution in [2.24, 2.45) is 0 Å². The molecule has 0 N–H and O–H groups in total. The van der Waals surface area contributed by atoms with Crippen molar-refractivity contribution < 1.29 is 4.79 Å². The topological polar surface area (TPSA) is 56.0 Å². The Morgan fingerprint density at radius 1 is 1.00 bits per heavy atom. The highest BCUT2D eigenvalue weighted by Gasteiger charge is 2.26. The Balaban J connectivity index is 1.55. The second-order valence-electron chi connectivity index (χ2n) is 7.06. The maximum Gasteiger partial charge on any atom is 0.261 e. The molecule has 0 spiro atoms. The van der Waals surface area contributed by atoms with E-state index < -0.39 is 0 Å². The summed E-state index contributed by atoms with van der Waals surface area (Å²) in [6.07, 6.45) is 3.85. The lowest BCUT2D eigenvalue weighted by atomic mass is 10.1. The minimum absolute atomic E-state index is 0.165. The van der Waals surface area contributed by atoms with Crippen LogP contribution in [0.5, 0.6) is 0 Å². The molecule has 0 saturated carbocycles. The van der Waals surface area contributed by atoms with Crippen LogP contribution in [0.2, 0.25) is 5.15 Å². The molecule has 144 valence electrons. The standard InChI is InChI=1S/C22H18ClN5O/c1-15-10-12-28(25-15)20-9-8-18(21(23)24-20)22(29)27-14-17-6-4-11-26(17)13-16-5-2-3-7-19(16)27/h2-12H,13-14H2,1H3. The molecule has 0 aliphatic carbocycles. The number of benzene rings is 1. The minimum Gasteiger partial charge on any atom is -0.345 e. The number of aryl methyl sites for hydroxylation is 1. The van der Waals surface area contributed by atoms with Crippen LogP contribution in [0.4, 0.5) is 5.69 Å². The third-order valence-corrected chi connectivity index (χ3v) is 5.42. The predicted octanol–water partition coefficient (Wildman–Crippen LogP) is 4.24. The molecule has 0 bridgehead atoms. The van der Waals surface area contributed by atoms with Crippen molar-refractivity contribution in [3.05, 3.63) is 94.7 Å². The molecular weight excluding hydrogens is 386 g/mol. The molecule has 1 aromatic carbocycles. The monoisotopic (exact) mass is 403 g/mol. The molecule has 0 radical (unpaired) electrons. The lowest BCUT2D eigenvalue weighted by Crippen LogP contribution is -2.31. The van der Waals surface area contributed by atoms with Crippen molar-refractivity contribution in [3.8, 4) is 5.82 Å². The fraction of sp³-hybridized carbons (Fsp3) is 0.136. The van der Waals surface area contributed by atoms with Crippen LogP contribution in [0, 0.1) is 6.92 Å². The lowest BCUT2D eigenvalue weighted by Gasteiger charge is -2.23. The molecule has 0 unspecified atom stereocenters. The minimum atomic E-state index is -0.173. The van der Waals surface area contributed by atoms with Gasteiger partial charge in [-0.15, -0.1) is 0 Å². The van der Waals surface area contributed by atoms with Crippen LogP contribution in [-0.2, 0) is 13.1 Å². The summed E-state index contributed by atoms with van der Waals surface area (Å²) in [6.45, 7) is 3.10. The van der Waals surface area contributed by atoms with Gasteiger partial charge in [-0.25, -0.2) is 9.67 Å². The first-order valence-corrected chi connectivity index (χ1v) is 9.71. The van der Waals surface area contributed by atoms with Gasteiger partial charge in [0.15, 0.2) is 5.82 Å². The molecule has 1 amide bonds. The van der Waals surface area contributed by atoms with Crippen molar-refractivity contribution in [1.29, 1.82) is 0 Å². The summed E-state index contributed by atoms with van der Waals surface area (Å²) in [7, 11) is 0. The molecule has 1 aliphatic rings. The van der Waals surface area contributed by atoms with Gasteiger partial charge in [-0.3, -0.25) is 4.79 Å². The second kappa shape index (κ2) is 6.90. The summed E-state index contributed by atoms with van der Waals surface area (Å²) >= 11 is 6.44. The average Bonchev–Trinajstić information content (AvgIpc) is 3.32. The summed E-state index contributed by atoms with van der Waals surface area (Å²) < 4.78 is 3.80. The van der Waals surface area contributed by atoms with Gasteiger partial charge in [0.05, 0.1) is 17.8 Å². The van der Waals surface area contributed by atoms with Gasteiger partial charge in [-0.2, -0.15) is 5.10 Å². The number of hydrogen-bond donors (Lipinski definition) is 0. The van der Waals surface area contributed by atoms with Crippen LogP contribution in [-0.4, -0.2) is 25.2 Å². The van der Waals surface area contributed by atoms with Gasteiger partial charge in [0.2, 0.25) is 0 Å². The first-order valence-electron chi connectivity index (χ1n) is 9.33. The summed E-state index contributed by atoms with van der Waals surface area (Å²) in [6, 6.07) is 17.4. The second-order valence-corrected chi connectivity index (χ2v) is 7.41. The largest absolute Gasteiger partial charge is 0.345 e. The van der Waals surface area contributed by atoms with Crippen molar-refractivity contribution >= 4 is 23.2 Å². The number of carbonyl (C=O) groups excluding carboxylic acids is 1. The molecule has 3 aromatic heterocycles. The Labute approximate surface area is 173 Å².